The first-order chi connectivity index (χ1) is 33.8. The lowest BCUT2D eigenvalue weighted by Crippen LogP contribution is -2.08. The van der Waals surface area contributed by atoms with E-state index in [-0.39, 0.29) is 22.5 Å². The molecule has 328 valence electrons. The molecule has 0 amide bonds. The molecule has 0 saturated carbocycles. The number of hydrogen-bond acceptors (Lipinski definition) is 1. The molecule has 0 radical (unpaired) electrons. The van der Waals surface area contributed by atoms with Crippen molar-refractivity contribution >= 4 is 43.6 Å². The van der Waals surface area contributed by atoms with Crippen LogP contribution in [0.5, 0.6) is 0 Å². The molecule has 0 bridgehead atoms. The zero-order chi connectivity index (χ0) is 46.9. The van der Waals surface area contributed by atoms with E-state index in [0.717, 1.165) is 66.1 Å². The van der Waals surface area contributed by atoms with Crippen molar-refractivity contribution in [1.82, 2.24) is 9.13 Å². The Morgan fingerprint density at radius 1 is 0.304 bits per heavy atom. The van der Waals surface area contributed by atoms with Crippen molar-refractivity contribution in [3.8, 4) is 73.1 Å². The first-order valence-corrected chi connectivity index (χ1v) is 22.3. The standard InChI is InChI=1S/C61H34F5N3/c62-57-56(58(63)60(65)61(66)59(57)64)49-34-54(68-50-25-21-40(36-13-5-1-6-14-36)29-45(50)46-30-41(22-26-51(46)68)37-15-7-2-8-16-37)44(35-67)33-55(49)69-52-27-23-42(38-17-9-3-10-18-38)31-47(52)48-32-43(24-28-53(48)69)39-19-11-4-12-20-39/h1-34H. The molecule has 10 aromatic carbocycles. The Labute approximate surface area is 392 Å². The van der Waals surface area contributed by atoms with Gasteiger partial charge in [-0.3, -0.25) is 0 Å². The summed E-state index contributed by atoms with van der Waals surface area (Å²) < 4.78 is 82.8. The highest BCUT2D eigenvalue weighted by molar-refractivity contribution is 6.14. The van der Waals surface area contributed by atoms with Gasteiger partial charge in [0.05, 0.1) is 44.6 Å². The van der Waals surface area contributed by atoms with Crippen LogP contribution >= 0.6 is 0 Å². The summed E-state index contributed by atoms with van der Waals surface area (Å²) in [4.78, 5) is 0. The first-order valence-electron chi connectivity index (χ1n) is 22.3. The summed E-state index contributed by atoms with van der Waals surface area (Å²) in [6.45, 7) is 0. The lowest BCUT2D eigenvalue weighted by molar-refractivity contribution is 0.381. The van der Waals surface area contributed by atoms with Gasteiger partial charge in [0, 0.05) is 27.1 Å². The van der Waals surface area contributed by atoms with Gasteiger partial charge in [-0.25, -0.2) is 22.0 Å². The van der Waals surface area contributed by atoms with Crippen LogP contribution in [0, 0.1) is 40.4 Å². The Bertz CT molecular complexity index is 3840. The lowest BCUT2D eigenvalue weighted by atomic mass is 9.97. The Morgan fingerprint density at radius 2 is 0.609 bits per heavy atom. The highest BCUT2D eigenvalue weighted by Gasteiger charge is 2.31. The number of nitrogens with zero attached hydrogens (tertiary/aromatic N) is 3. The third-order valence-electron chi connectivity index (χ3n) is 13.2. The largest absolute Gasteiger partial charge is 0.309 e. The average Bonchev–Trinajstić information content (AvgIpc) is 3.91. The summed E-state index contributed by atoms with van der Waals surface area (Å²) >= 11 is 0. The normalized spacial score (nSPS) is 11.5. The van der Waals surface area contributed by atoms with Crippen molar-refractivity contribution in [1.29, 1.82) is 5.26 Å². The van der Waals surface area contributed by atoms with E-state index in [1.165, 1.54) is 12.1 Å². The summed E-state index contributed by atoms with van der Waals surface area (Å²) in [6.07, 6.45) is 0. The van der Waals surface area contributed by atoms with Gasteiger partial charge in [-0.05, 0) is 105 Å². The summed E-state index contributed by atoms with van der Waals surface area (Å²) in [5.74, 6) is -10.4. The second-order valence-electron chi connectivity index (χ2n) is 17.0. The highest BCUT2D eigenvalue weighted by atomic mass is 19.2. The fourth-order valence-electron chi connectivity index (χ4n) is 9.88. The SMILES string of the molecule is N#Cc1cc(-n2c3ccc(-c4ccccc4)cc3c3cc(-c4ccccc4)ccc32)c(-c2c(F)c(F)c(F)c(F)c2F)cc1-n1c2ccc(-c3ccccc3)cc2c2cc(-c3ccccc3)ccc21. The molecule has 0 aliphatic rings. The number of nitriles is 1. The number of aromatic nitrogens is 2. The quantitative estimate of drug-likeness (QED) is 0.0891. The Morgan fingerprint density at radius 3 is 0.928 bits per heavy atom. The molecule has 0 saturated heterocycles. The monoisotopic (exact) mass is 903 g/mol. The zero-order valence-corrected chi connectivity index (χ0v) is 36.4. The van der Waals surface area contributed by atoms with Crippen molar-refractivity contribution < 1.29 is 22.0 Å². The van der Waals surface area contributed by atoms with Crippen molar-refractivity contribution in [3.05, 3.63) is 241 Å². The number of halogens is 5. The van der Waals surface area contributed by atoms with Crippen LogP contribution in [0.1, 0.15) is 5.56 Å². The Hall–Kier alpha value is -9.06. The molecule has 0 aliphatic carbocycles. The van der Waals surface area contributed by atoms with Crippen LogP contribution in [0.2, 0.25) is 0 Å². The van der Waals surface area contributed by atoms with Crippen molar-refractivity contribution in [2.75, 3.05) is 0 Å². The minimum Gasteiger partial charge on any atom is -0.309 e. The minimum absolute atomic E-state index is 0.0388. The van der Waals surface area contributed by atoms with Crippen LogP contribution in [-0.2, 0) is 0 Å². The molecule has 0 atom stereocenters. The third kappa shape index (κ3) is 6.70. The topological polar surface area (TPSA) is 33.6 Å². The number of hydrogen-bond donors (Lipinski definition) is 0. The minimum atomic E-state index is -2.27. The van der Waals surface area contributed by atoms with Gasteiger partial charge in [0.15, 0.2) is 23.3 Å². The second kappa shape index (κ2) is 16.4. The maximum absolute atomic E-state index is 16.6. The van der Waals surface area contributed by atoms with E-state index in [1.54, 1.807) is 4.57 Å². The van der Waals surface area contributed by atoms with Crippen LogP contribution in [0.25, 0.3) is 111 Å². The lowest BCUT2D eigenvalue weighted by Gasteiger charge is -2.20. The van der Waals surface area contributed by atoms with E-state index in [4.69, 9.17) is 0 Å². The van der Waals surface area contributed by atoms with E-state index in [9.17, 15) is 9.65 Å². The maximum atomic E-state index is 16.6. The van der Waals surface area contributed by atoms with Crippen LogP contribution in [0.3, 0.4) is 0 Å². The number of fused-ring (bicyclic) bond motifs is 6. The molecule has 0 N–H and O–H groups in total. The molecule has 0 fully saturated rings. The van der Waals surface area contributed by atoms with Gasteiger partial charge in [-0.1, -0.05) is 146 Å². The summed E-state index contributed by atoms with van der Waals surface area (Å²) in [7, 11) is 0. The molecule has 12 aromatic rings. The van der Waals surface area contributed by atoms with Gasteiger partial charge in [0.2, 0.25) is 5.82 Å². The van der Waals surface area contributed by atoms with E-state index in [1.807, 2.05) is 187 Å². The summed E-state index contributed by atoms with van der Waals surface area (Å²) in [6, 6.07) is 68.2. The van der Waals surface area contributed by atoms with Crippen molar-refractivity contribution in [3.63, 3.8) is 0 Å². The summed E-state index contributed by atoms with van der Waals surface area (Å²) in [5.41, 5.74) is 8.87. The summed E-state index contributed by atoms with van der Waals surface area (Å²) in [5, 5.41) is 14.4. The van der Waals surface area contributed by atoms with Gasteiger partial charge in [0.25, 0.3) is 0 Å². The fourth-order valence-corrected chi connectivity index (χ4v) is 9.88. The molecular formula is C61H34F5N3. The van der Waals surface area contributed by atoms with E-state index in [0.29, 0.717) is 22.1 Å². The van der Waals surface area contributed by atoms with E-state index < -0.39 is 34.6 Å². The smallest absolute Gasteiger partial charge is 0.200 e. The average molecular weight is 904 g/mol. The van der Waals surface area contributed by atoms with Gasteiger partial charge in [0.1, 0.15) is 6.07 Å². The van der Waals surface area contributed by atoms with E-state index >= 15 is 17.6 Å². The zero-order valence-electron chi connectivity index (χ0n) is 36.4. The number of benzene rings is 10. The predicted molar refractivity (Wildman–Crippen MR) is 267 cm³/mol. The van der Waals surface area contributed by atoms with Crippen LogP contribution in [0.4, 0.5) is 22.0 Å². The van der Waals surface area contributed by atoms with Crippen LogP contribution in [-0.4, -0.2) is 9.13 Å². The first kappa shape index (κ1) is 41.4. The van der Waals surface area contributed by atoms with Crippen LogP contribution < -0.4 is 0 Å². The van der Waals surface area contributed by atoms with Crippen molar-refractivity contribution in [2.24, 2.45) is 0 Å². The maximum Gasteiger partial charge on any atom is 0.200 e. The van der Waals surface area contributed by atoms with Gasteiger partial charge < -0.3 is 9.13 Å². The molecule has 8 heteroatoms. The third-order valence-corrected chi connectivity index (χ3v) is 13.2. The fraction of sp³-hybridized carbons (Fsp3) is 0. The molecular weight excluding hydrogens is 870 g/mol. The Balaban J connectivity index is 1.19. The molecule has 0 unspecified atom stereocenters. The molecule has 0 aliphatic heterocycles. The highest BCUT2D eigenvalue weighted by Crippen LogP contribution is 2.45. The molecule has 0 spiro atoms. The van der Waals surface area contributed by atoms with Gasteiger partial charge >= 0.3 is 0 Å². The van der Waals surface area contributed by atoms with Gasteiger partial charge in [-0.15, -0.1) is 0 Å². The molecule has 3 nitrogen and oxygen atoms in total. The Kier molecular flexibility index (Phi) is 9.82. The van der Waals surface area contributed by atoms with Crippen molar-refractivity contribution in [2.45, 2.75) is 0 Å². The molecule has 69 heavy (non-hydrogen) atoms. The van der Waals surface area contributed by atoms with E-state index in [2.05, 4.69) is 18.2 Å². The molecule has 12 rings (SSSR count). The predicted octanol–water partition coefficient (Wildman–Crippen LogP) is 16.8. The number of rotatable bonds is 7. The van der Waals surface area contributed by atoms with Crippen LogP contribution in [0.15, 0.2) is 206 Å². The molecule has 2 heterocycles. The second-order valence-corrected chi connectivity index (χ2v) is 17.0. The van der Waals surface area contributed by atoms with Gasteiger partial charge in [-0.2, -0.15) is 5.26 Å². The molecule has 2 aromatic heterocycles.